The van der Waals surface area contributed by atoms with Crippen LogP contribution in [0, 0.1) is 0 Å². The van der Waals surface area contributed by atoms with E-state index in [0.29, 0.717) is 17.1 Å². The van der Waals surface area contributed by atoms with Crippen molar-refractivity contribution in [1.29, 1.82) is 0 Å². The Kier molecular flexibility index (Phi) is 6.17. The molecule has 162 valence electrons. The van der Waals surface area contributed by atoms with Gasteiger partial charge >= 0.3 is 5.91 Å². The van der Waals surface area contributed by atoms with Crippen molar-refractivity contribution in [3.8, 4) is 11.5 Å². The van der Waals surface area contributed by atoms with Crippen molar-refractivity contribution in [1.82, 2.24) is 10.7 Å². The lowest BCUT2D eigenvalue weighted by atomic mass is 10.00. The average Bonchev–Trinajstić information content (AvgIpc) is 3.13. The number of amides is 2. The molecule has 1 saturated heterocycles. The molecular formula is C25H24N3O4+. The zero-order valence-corrected chi connectivity index (χ0v) is 17.8. The highest BCUT2D eigenvalue weighted by Gasteiger charge is 2.47. The van der Waals surface area contributed by atoms with Gasteiger partial charge in [0.25, 0.3) is 5.91 Å². The Labute approximate surface area is 186 Å². The summed E-state index contributed by atoms with van der Waals surface area (Å²) < 4.78 is 12.2. The van der Waals surface area contributed by atoms with Gasteiger partial charge < -0.3 is 14.8 Å². The van der Waals surface area contributed by atoms with Gasteiger partial charge in [0.15, 0.2) is 6.04 Å². The van der Waals surface area contributed by atoms with Gasteiger partial charge in [-0.2, -0.15) is 0 Å². The van der Waals surface area contributed by atoms with Crippen molar-refractivity contribution in [2.24, 2.45) is 0 Å². The third-order valence-corrected chi connectivity index (χ3v) is 5.30. The topological polar surface area (TPSA) is 79.7 Å². The second kappa shape index (κ2) is 9.34. The molecule has 7 heteroatoms. The smallest absolute Gasteiger partial charge is 0.304 e. The van der Waals surface area contributed by atoms with Crippen molar-refractivity contribution in [3.05, 3.63) is 95.6 Å². The van der Waals surface area contributed by atoms with Gasteiger partial charge in [-0.25, -0.2) is 0 Å². The molecule has 3 aromatic carbocycles. The number of benzene rings is 3. The summed E-state index contributed by atoms with van der Waals surface area (Å²) in [7, 11) is 3.17. The molecule has 2 N–H and O–H groups in total. The fourth-order valence-electron chi connectivity index (χ4n) is 3.68. The molecule has 0 radical (unpaired) electrons. The summed E-state index contributed by atoms with van der Waals surface area (Å²) in [6.07, 6.45) is 1.83. The maximum Gasteiger partial charge on any atom is 0.304 e. The molecule has 1 aliphatic rings. The second-order valence-corrected chi connectivity index (χ2v) is 7.32. The molecule has 0 aromatic heterocycles. The predicted octanol–water partition coefficient (Wildman–Crippen LogP) is 2.72. The molecular weight excluding hydrogens is 406 g/mol. The minimum Gasteiger partial charge on any atom is -0.497 e. The lowest BCUT2D eigenvalue weighted by Crippen LogP contribution is -2.42. The van der Waals surface area contributed by atoms with Gasteiger partial charge in [0, 0.05) is 16.7 Å². The molecule has 0 aliphatic carbocycles. The normalized spacial score (nSPS) is 18.8. The highest BCUT2D eigenvalue weighted by molar-refractivity contribution is 5.98. The van der Waals surface area contributed by atoms with Crippen molar-refractivity contribution >= 4 is 18.0 Å². The third-order valence-electron chi connectivity index (χ3n) is 5.30. The van der Waals surface area contributed by atoms with E-state index in [2.05, 4.69) is 10.7 Å². The second-order valence-electron chi connectivity index (χ2n) is 7.32. The summed E-state index contributed by atoms with van der Waals surface area (Å²) in [5, 5.41) is 2.89. The Hall–Kier alpha value is -4.13. The number of hydrazine groups is 1. The summed E-state index contributed by atoms with van der Waals surface area (Å²) in [4.78, 5) is 25.8. The molecule has 2 amide bonds. The van der Waals surface area contributed by atoms with Crippen LogP contribution in [-0.2, 0) is 4.79 Å². The van der Waals surface area contributed by atoms with Gasteiger partial charge in [0.2, 0.25) is 12.3 Å². The van der Waals surface area contributed by atoms with E-state index in [1.54, 1.807) is 43.2 Å². The van der Waals surface area contributed by atoms with Crippen molar-refractivity contribution in [2.75, 3.05) is 14.2 Å². The fraction of sp³-hybridized carbons (Fsp3) is 0.160. The van der Waals surface area contributed by atoms with E-state index in [-0.39, 0.29) is 11.8 Å². The highest BCUT2D eigenvalue weighted by Crippen LogP contribution is 2.26. The fourth-order valence-corrected chi connectivity index (χ4v) is 3.68. The Balaban J connectivity index is 1.66. The van der Waals surface area contributed by atoms with Crippen molar-refractivity contribution in [3.63, 3.8) is 0 Å². The maximum absolute atomic E-state index is 12.9. The molecule has 0 bridgehead atoms. The number of hydrazone groups is 1. The first-order valence-electron chi connectivity index (χ1n) is 10.2. The number of methoxy groups -OCH3 is 2. The molecule has 4 rings (SSSR count). The van der Waals surface area contributed by atoms with Crippen LogP contribution in [0.25, 0.3) is 0 Å². The van der Waals surface area contributed by atoms with Gasteiger partial charge in [-0.3, -0.25) is 9.59 Å². The van der Waals surface area contributed by atoms with Crippen LogP contribution < -0.4 is 20.2 Å². The van der Waals surface area contributed by atoms with E-state index in [9.17, 15) is 9.59 Å². The lowest BCUT2D eigenvalue weighted by Gasteiger charge is -2.15. The molecule has 3 aromatic rings. The van der Waals surface area contributed by atoms with Gasteiger partial charge in [0.1, 0.15) is 11.5 Å². The first-order valence-corrected chi connectivity index (χ1v) is 10.2. The van der Waals surface area contributed by atoms with Crippen molar-refractivity contribution in [2.45, 2.75) is 12.1 Å². The standard InChI is InChI=1S/C25H23N3O4/c1-31-20-13-11-19(12-14-20)24(29)26-22-23(18-8-4-3-5-9-18)28(27-25(22)30)16-17-7-6-10-21(15-17)32-2/h3-16,22-23H,1-2H3,(H-,26,27,29,30)/p+1/b28-16-/t22-,23+/m0/s1. The molecule has 7 nitrogen and oxygen atoms in total. The zero-order chi connectivity index (χ0) is 22.5. The van der Waals surface area contributed by atoms with E-state index in [4.69, 9.17) is 9.47 Å². The summed E-state index contributed by atoms with van der Waals surface area (Å²) in [6, 6.07) is 22.6. The minimum absolute atomic E-state index is 0.292. The van der Waals surface area contributed by atoms with Crippen LogP contribution in [0.2, 0.25) is 0 Å². The van der Waals surface area contributed by atoms with Gasteiger partial charge in [-0.05, 0) is 42.5 Å². The number of rotatable bonds is 6. The molecule has 1 aliphatic heterocycles. The summed E-state index contributed by atoms with van der Waals surface area (Å²) in [6.45, 7) is 0. The molecule has 0 unspecified atom stereocenters. The Bertz CT molecular complexity index is 1140. The Morgan fingerprint density at radius 3 is 2.34 bits per heavy atom. The van der Waals surface area contributed by atoms with Crippen LogP contribution in [0.1, 0.15) is 27.5 Å². The van der Waals surface area contributed by atoms with Gasteiger partial charge in [0.05, 0.1) is 14.2 Å². The summed E-state index contributed by atoms with van der Waals surface area (Å²) in [5.41, 5.74) is 5.07. The molecule has 1 heterocycles. The quantitative estimate of drug-likeness (QED) is 0.590. The number of nitrogens with one attached hydrogen (secondary N) is 2. The SMILES string of the molecule is COc1ccc(C(=O)N[C@@H]2C(=O)N/[N+](=C\c3cccc(OC)c3)[C@@H]2c2ccccc2)cc1. The Morgan fingerprint density at radius 1 is 0.938 bits per heavy atom. The van der Waals surface area contributed by atoms with Crippen LogP contribution in [0.5, 0.6) is 11.5 Å². The zero-order valence-electron chi connectivity index (χ0n) is 17.8. The third kappa shape index (κ3) is 4.46. The molecule has 32 heavy (non-hydrogen) atoms. The largest absolute Gasteiger partial charge is 0.497 e. The Morgan fingerprint density at radius 2 is 1.66 bits per heavy atom. The minimum atomic E-state index is -0.783. The number of carbonyl (C=O) groups excluding carboxylic acids is 2. The maximum atomic E-state index is 12.9. The van der Waals surface area contributed by atoms with Crippen LogP contribution in [-0.4, -0.2) is 43.0 Å². The molecule has 0 spiro atoms. The lowest BCUT2D eigenvalue weighted by molar-refractivity contribution is -0.596. The van der Waals surface area contributed by atoms with Crippen LogP contribution in [0.3, 0.4) is 0 Å². The van der Waals surface area contributed by atoms with E-state index >= 15 is 0 Å². The molecule has 0 saturated carbocycles. The molecule has 2 atom stereocenters. The number of carbonyl (C=O) groups is 2. The highest BCUT2D eigenvalue weighted by atomic mass is 16.5. The summed E-state index contributed by atoms with van der Waals surface area (Å²) >= 11 is 0. The number of nitrogens with zero attached hydrogens (tertiary/aromatic N) is 1. The first kappa shape index (κ1) is 21.1. The van der Waals surface area contributed by atoms with Crippen molar-refractivity contribution < 1.29 is 23.7 Å². The van der Waals surface area contributed by atoms with Crippen LogP contribution in [0.4, 0.5) is 0 Å². The number of ether oxygens (including phenoxy) is 2. The molecule has 1 fully saturated rings. The van der Waals surface area contributed by atoms with Crippen LogP contribution in [0.15, 0.2) is 78.9 Å². The van der Waals surface area contributed by atoms with E-state index in [1.165, 1.54) is 0 Å². The summed E-state index contributed by atoms with van der Waals surface area (Å²) in [5.74, 6) is 0.739. The number of hydrogen-bond acceptors (Lipinski definition) is 4. The van der Waals surface area contributed by atoms with Crippen LogP contribution >= 0.6 is 0 Å². The number of hydrogen-bond donors (Lipinski definition) is 2. The van der Waals surface area contributed by atoms with E-state index in [1.807, 2.05) is 60.8 Å². The van der Waals surface area contributed by atoms with Gasteiger partial charge in [-0.15, -0.1) is 10.1 Å². The van der Waals surface area contributed by atoms with E-state index < -0.39 is 12.1 Å². The van der Waals surface area contributed by atoms with Gasteiger partial charge in [-0.1, -0.05) is 36.4 Å². The van der Waals surface area contributed by atoms with E-state index in [0.717, 1.165) is 11.1 Å². The predicted molar refractivity (Wildman–Crippen MR) is 120 cm³/mol. The first-order chi connectivity index (χ1) is 15.6. The monoisotopic (exact) mass is 430 g/mol. The average molecular weight is 430 g/mol.